The summed E-state index contributed by atoms with van der Waals surface area (Å²) in [5, 5.41) is 0.741. The van der Waals surface area contributed by atoms with Crippen molar-refractivity contribution in [3.8, 4) is 0 Å². The number of benzene rings is 1. The van der Waals surface area contributed by atoms with Gasteiger partial charge < -0.3 is 4.57 Å². The van der Waals surface area contributed by atoms with Gasteiger partial charge in [-0.1, -0.05) is 51.5 Å². The molecular formula is C17H24FN. The summed E-state index contributed by atoms with van der Waals surface area (Å²) in [6, 6.07) is 7.20. The maximum atomic E-state index is 13.5. The first-order valence-electron chi connectivity index (χ1n) is 7.56. The Labute approximate surface area is 115 Å². The molecule has 0 saturated heterocycles. The van der Waals surface area contributed by atoms with Gasteiger partial charge in [-0.2, -0.15) is 0 Å². The van der Waals surface area contributed by atoms with Crippen LogP contribution in [0.25, 0.3) is 10.9 Å². The normalized spacial score (nSPS) is 11.3. The highest BCUT2D eigenvalue weighted by atomic mass is 19.1. The van der Waals surface area contributed by atoms with Crippen molar-refractivity contribution in [3.05, 3.63) is 36.3 Å². The van der Waals surface area contributed by atoms with Gasteiger partial charge in [-0.25, -0.2) is 4.39 Å². The van der Waals surface area contributed by atoms with Crippen molar-refractivity contribution < 1.29 is 4.39 Å². The van der Waals surface area contributed by atoms with Crippen LogP contribution in [0.1, 0.15) is 51.9 Å². The van der Waals surface area contributed by atoms with Crippen molar-refractivity contribution in [2.75, 3.05) is 0 Å². The molecule has 2 rings (SSSR count). The highest BCUT2D eigenvalue weighted by molar-refractivity contribution is 5.80. The Balaban J connectivity index is 1.77. The van der Waals surface area contributed by atoms with Gasteiger partial charge in [0.15, 0.2) is 0 Å². The molecule has 0 saturated carbocycles. The Morgan fingerprint density at radius 3 is 2.47 bits per heavy atom. The Kier molecular flexibility index (Phi) is 5.44. The lowest BCUT2D eigenvalue weighted by Gasteiger charge is -2.05. The zero-order valence-corrected chi connectivity index (χ0v) is 11.9. The number of halogens is 1. The van der Waals surface area contributed by atoms with Crippen molar-refractivity contribution in [2.45, 2.75) is 58.4 Å². The van der Waals surface area contributed by atoms with E-state index >= 15 is 0 Å². The molecule has 0 N–H and O–H groups in total. The summed E-state index contributed by atoms with van der Waals surface area (Å²) in [4.78, 5) is 0. The van der Waals surface area contributed by atoms with Gasteiger partial charge >= 0.3 is 0 Å². The minimum atomic E-state index is -0.115. The lowest BCUT2D eigenvalue weighted by molar-refractivity contribution is 0.556. The summed E-state index contributed by atoms with van der Waals surface area (Å²) in [7, 11) is 0. The van der Waals surface area contributed by atoms with Crippen LogP contribution in [-0.2, 0) is 6.54 Å². The number of hydrogen-bond donors (Lipinski definition) is 0. The molecule has 0 aliphatic rings. The van der Waals surface area contributed by atoms with E-state index in [1.165, 1.54) is 51.0 Å². The summed E-state index contributed by atoms with van der Waals surface area (Å²) in [6.45, 7) is 3.25. The zero-order chi connectivity index (χ0) is 13.5. The molecule has 1 heterocycles. The van der Waals surface area contributed by atoms with Crippen molar-refractivity contribution in [1.29, 1.82) is 0 Å². The number of unbranched alkanes of at least 4 members (excludes halogenated alkanes) is 6. The number of hydrogen-bond acceptors (Lipinski definition) is 0. The summed E-state index contributed by atoms with van der Waals surface area (Å²) in [6.07, 6.45) is 11.2. The monoisotopic (exact) mass is 261 g/mol. The van der Waals surface area contributed by atoms with Gasteiger partial charge in [-0.3, -0.25) is 0 Å². The van der Waals surface area contributed by atoms with Gasteiger partial charge in [0.05, 0.1) is 5.52 Å². The van der Waals surface area contributed by atoms with E-state index in [2.05, 4.69) is 11.5 Å². The minimum absolute atomic E-state index is 0.115. The SMILES string of the molecule is CCCCCCCCCn1ccc2c(F)cccc21. The molecule has 19 heavy (non-hydrogen) atoms. The van der Waals surface area contributed by atoms with Gasteiger partial charge in [0, 0.05) is 18.1 Å². The third-order valence-corrected chi connectivity index (χ3v) is 3.76. The van der Waals surface area contributed by atoms with E-state index in [1.54, 1.807) is 6.07 Å². The molecule has 0 fully saturated rings. The van der Waals surface area contributed by atoms with Crippen LogP contribution in [0.4, 0.5) is 4.39 Å². The highest BCUT2D eigenvalue weighted by Gasteiger charge is 2.04. The number of rotatable bonds is 8. The van der Waals surface area contributed by atoms with Crippen LogP contribution in [0.5, 0.6) is 0 Å². The molecule has 0 spiro atoms. The summed E-state index contributed by atoms with van der Waals surface area (Å²) >= 11 is 0. The average Bonchev–Trinajstić information content (AvgIpc) is 2.83. The van der Waals surface area contributed by atoms with Crippen LogP contribution in [0.3, 0.4) is 0 Å². The second kappa shape index (κ2) is 7.32. The Morgan fingerprint density at radius 2 is 1.68 bits per heavy atom. The van der Waals surface area contributed by atoms with Crippen LogP contribution >= 0.6 is 0 Å². The molecule has 1 aromatic carbocycles. The van der Waals surface area contributed by atoms with Crippen LogP contribution in [0, 0.1) is 5.82 Å². The molecule has 0 unspecified atom stereocenters. The minimum Gasteiger partial charge on any atom is -0.347 e. The molecule has 104 valence electrons. The van der Waals surface area contributed by atoms with E-state index in [0.29, 0.717) is 0 Å². The Bertz CT molecular complexity index is 501. The van der Waals surface area contributed by atoms with E-state index in [4.69, 9.17) is 0 Å². The Morgan fingerprint density at radius 1 is 0.947 bits per heavy atom. The fraction of sp³-hybridized carbons (Fsp3) is 0.529. The number of aryl methyl sites for hydroxylation is 1. The highest BCUT2D eigenvalue weighted by Crippen LogP contribution is 2.19. The summed E-state index contributed by atoms with van der Waals surface area (Å²) in [5.41, 5.74) is 1.02. The fourth-order valence-electron chi connectivity index (χ4n) is 2.62. The quantitative estimate of drug-likeness (QED) is 0.550. The average molecular weight is 261 g/mol. The maximum Gasteiger partial charge on any atom is 0.132 e. The standard InChI is InChI=1S/C17H24FN/c1-2-3-4-5-6-7-8-13-19-14-12-15-16(18)10-9-11-17(15)19/h9-12,14H,2-8,13H2,1H3. The molecule has 1 nitrogen and oxygen atoms in total. The molecular weight excluding hydrogens is 237 g/mol. The maximum absolute atomic E-state index is 13.5. The number of fused-ring (bicyclic) bond motifs is 1. The largest absolute Gasteiger partial charge is 0.347 e. The lowest BCUT2D eigenvalue weighted by atomic mass is 10.1. The van der Waals surface area contributed by atoms with Crippen LogP contribution in [-0.4, -0.2) is 4.57 Å². The first-order chi connectivity index (χ1) is 9.33. The first-order valence-corrected chi connectivity index (χ1v) is 7.56. The summed E-state index contributed by atoms with van der Waals surface area (Å²) < 4.78 is 15.7. The third-order valence-electron chi connectivity index (χ3n) is 3.76. The van der Waals surface area contributed by atoms with Gasteiger partial charge in [0.2, 0.25) is 0 Å². The second-order valence-corrected chi connectivity index (χ2v) is 5.30. The van der Waals surface area contributed by atoms with Crippen molar-refractivity contribution >= 4 is 10.9 Å². The third kappa shape index (κ3) is 3.82. The van der Waals surface area contributed by atoms with Crippen molar-refractivity contribution in [1.82, 2.24) is 4.57 Å². The fourth-order valence-corrected chi connectivity index (χ4v) is 2.62. The second-order valence-electron chi connectivity index (χ2n) is 5.30. The molecule has 0 aliphatic heterocycles. The molecule has 0 amide bonds. The van der Waals surface area contributed by atoms with E-state index in [1.807, 2.05) is 18.3 Å². The van der Waals surface area contributed by atoms with Gasteiger partial charge in [-0.05, 0) is 24.6 Å². The summed E-state index contributed by atoms with van der Waals surface area (Å²) in [5.74, 6) is -0.115. The van der Waals surface area contributed by atoms with E-state index in [-0.39, 0.29) is 5.82 Å². The van der Waals surface area contributed by atoms with Gasteiger partial charge in [0.25, 0.3) is 0 Å². The molecule has 2 heteroatoms. The first kappa shape index (κ1) is 14.1. The Hall–Kier alpha value is -1.31. The molecule has 1 aromatic heterocycles. The van der Waals surface area contributed by atoms with Gasteiger partial charge in [-0.15, -0.1) is 0 Å². The van der Waals surface area contributed by atoms with Gasteiger partial charge in [0.1, 0.15) is 5.82 Å². The van der Waals surface area contributed by atoms with Crippen molar-refractivity contribution in [2.24, 2.45) is 0 Å². The number of nitrogens with zero attached hydrogens (tertiary/aromatic N) is 1. The zero-order valence-electron chi connectivity index (χ0n) is 11.9. The number of aromatic nitrogens is 1. The van der Waals surface area contributed by atoms with E-state index < -0.39 is 0 Å². The van der Waals surface area contributed by atoms with Crippen molar-refractivity contribution in [3.63, 3.8) is 0 Å². The molecule has 0 atom stereocenters. The molecule has 0 bridgehead atoms. The van der Waals surface area contributed by atoms with Crippen LogP contribution < -0.4 is 0 Å². The predicted octanol–water partition coefficient (Wildman–Crippen LogP) is 5.53. The molecule has 0 radical (unpaired) electrons. The predicted molar refractivity (Wildman–Crippen MR) is 79.9 cm³/mol. The topological polar surface area (TPSA) is 4.93 Å². The lowest BCUT2D eigenvalue weighted by Crippen LogP contribution is -1.96. The smallest absolute Gasteiger partial charge is 0.132 e. The van der Waals surface area contributed by atoms with Crippen LogP contribution in [0.15, 0.2) is 30.5 Å². The van der Waals surface area contributed by atoms with E-state index in [0.717, 1.165) is 17.4 Å². The molecule has 0 aliphatic carbocycles. The van der Waals surface area contributed by atoms with E-state index in [9.17, 15) is 4.39 Å². The van der Waals surface area contributed by atoms with Crippen LogP contribution in [0.2, 0.25) is 0 Å². The molecule has 2 aromatic rings.